The Morgan fingerprint density at radius 1 is 0.931 bits per heavy atom. The van der Waals surface area contributed by atoms with E-state index >= 15 is 0 Å². The van der Waals surface area contributed by atoms with Crippen LogP contribution in [0.25, 0.3) is 0 Å². The highest BCUT2D eigenvalue weighted by molar-refractivity contribution is 5.95. The largest absolute Gasteiger partial charge is 0.478 e. The average Bonchev–Trinajstić information content (AvgIpc) is 2.75. The Hall–Kier alpha value is -3.61. The van der Waals surface area contributed by atoms with Gasteiger partial charge in [0.2, 0.25) is 5.95 Å². The van der Waals surface area contributed by atoms with E-state index < -0.39 is 5.97 Å². The van der Waals surface area contributed by atoms with Gasteiger partial charge in [0.25, 0.3) is 0 Å². The highest BCUT2D eigenvalue weighted by atomic mass is 16.4. The van der Waals surface area contributed by atoms with Crippen LogP contribution in [0.1, 0.15) is 29.6 Å². The summed E-state index contributed by atoms with van der Waals surface area (Å²) in [5, 5.41) is 15.6. The first kappa shape index (κ1) is 18.7. The first-order chi connectivity index (χ1) is 14.2. The van der Waals surface area contributed by atoms with Gasteiger partial charge in [-0.15, -0.1) is 0 Å². The first-order valence-electron chi connectivity index (χ1n) is 9.73. The molecule has 7 nitrogen and oxygen atoms in total. The summed E-state index contributed by atoms with van der Waals surface area (Å²) in [6.45, 7) is 2.23. The third-order valence-electron chi connectivity index (χ3n) is 4.92. The minimum atomic E-state index is -0.991. The number of anilines is 5. The van der Waals surface area contributed by atoms with Gasteiger partial charge in [-0.2, -0.15) is 4.98 Å². The van der Waals surface area contributed by atoms with Gasteiger partial charge in [0.1, 0.15) is 5.82 Å². The Bertz CT molecular complexity index is 985. The molecule has 29 heavy (non-hydrogen) atoms. The number of hydrogen-bond donors (Lipinski definition) is 3. The van der Waals surface area contributed by atoms with Crippen LogP contribution in [0.3, 0.4) is 0 Å². The molecule has 3 aromatic rings. The summed E-state index contributed by atoms with van der Waals surface area (Å²) < 4.78 is 0. The van der Waals surface area contributed by atoms with Crippen molar-refractivity contribution in [3.05, 3.63) is 66.4 Å². The third kappa shape index (κ3) is 4.63. The Morgan fingerprint density at radius 2 is 1.69 bits per heavy atom. The normalized spacial score (nSPS) is 13.7. The maximum atomic E-state index is 11.4. The molecule has 1 aromatic heterocycles. The van der Waals surface area contributed by atoms with Gasteiger partial charge in [-0.05, 0) is 61.7 Å². The zero-order valence-electron chi connectivity index (χ0n) is 16.0. The summed E-state index contributed by atoms with van der Waals surface area (Å²) in [7, 11) is 0. The van der Waals surface area contributed by atoms with Gasteiger partial charge in [0.05, 0.1) is 11.3 Å². The van der Waals surface area contributed by atoms with Crippen molar-refractivity contribution in [2.45, 2.75) is 19.3 Å². The number of aromatic carboxylic acids is 1. The number of para-hydroxylation sites is 1. The zero-order chi connectivity index (χ0) is 20.1. The molecule has 1 saturated heterocycles. The Kier molecular flexibility index (Phi) is 5.56. The van der Waals surface area contributed by atoms with Gasteiger partial charge in [0, 0.05) is 30.7 Å². The summed E-state index contributed by atoms with van der Waals surface area (Å²) in [5.74, 6) is -0.0380. The highest BCUT2D eigenvalue weighted by Crippen LogP contribution is 2.24. The average molecular weight is 389 g/mol. The van der Waals surface area contributed by atoms with E-state index in [9.17, 15) is 9.90 Å². The molecular weight excluding hydrogens is 366 g/mol. The molecule has 1 aliphatic heterocycles. The number of carboxylic acids is 1. The van der Waals surface area contributed by atoms with E-state index in [2.05, 4.69) is 37.6 Å². The number of rotatable bonds is 6. The second-order valence-electron chi connectivity index (χ2n) is 6.96. The van der Waals surface area contributed by atoms with Gasteiger partial charge in [-0.3, -0.25) is 0 Å². The van der Waals surface area contributed by atoms with Crippen LogP contribution in [-0.2, 0) is 0 Å². The maximum Gasteiger partial charge on any atom is 0.337 e. The Morgan fingerprint density at radius 3 is 2.45 bits per heavy atom. The number of piperidine rings is 1. The van der Waals surface area contributed by atoms with Crippen molar-refractivity contribution in [1.82, 2.24) is 9.97 Å². The smallest absolute Gasteiger partial charge is 0.337 e. The van der Waals surface area contributed by atoms with Crippen LogP contribution in [0.4, 0.5) is 28.8 Å². The summed E-state index contributed by atoms with van der Waals surface area (Å²) in [4.78, 5) is 22.5. The molecule has 0 radical (unpaired) electrons. The van der Waals surface area contributed by atoms with E-state index in [1.165, 1.54) is 24.9 Å². The van der Waals surface area contributed by atoms with E-state index in [1.54, 1.807) is 36.5 Å². The van der Waals surface area contributed by atoms with Gasteiger partial charge >= 0.3 is 5.97 Å². The molecule has 0 unspecified atom stereocenters. The number of carbonyl (C=O) groups is 1. The zero-order valence-corrected chi connectivity index (χ0v) is 16.0. The SMILES string of the molecule is O=C(O)c1ccccc1Nc1ccnc(Nc2ccc(N3CCCCC3)cc2)n1. The predicted octanol–water partition coefficient (Wildman–Crippen LogP) is 4.65. The number of carboxylic acid groups (broad SMARTS) is 1. The van der Waals surface area contributed by atoms with Crippen LogP contribution >= 0.6 is 0 Å². The molecule has 4 rings (SSSR count). The van der Waals surface area contributed by atoms with Crippen molar-refractivity contribution in [1.29, 1.82) is 0 Å². The molecule has 0 amide bonds. The van der Waals surface area contributed by atoms with E-state index in [4.69, 9.17) is 0 Å². The standard InChI is InChI=1S/C22H23N5O2/c28-21(29)18-6-2-3-7-19(18)25-20-12-13-23-22(26-20)24-16-8-10-17(11-9-16)27-14-4-1-5-15-27/h2-3,6-13H,1,4-5,14-15H2,(H,28,29)(H2,23,24,25,26). The third-order valence-corrected chi connectivity index (χ3v) is 4.92. The lowest BCUT2D eigenvalue weighted by molar-refractivity contribution is 0.0698. The molecular formula is C22H23N5O2. The van der Waals surface area contributed by atoms with Crippen LogP contribution < -0.4 is 15.5 Å². The van der Waals surface area contributed by atoms with Crippen molar-refractivity contribution < 1.29 is 9.90 Å². The molecule has 148 valence electrons. The second kappa shape index (κ2) is 8.60. The number of benzene rings is 2. The minimum Gasteiger partial charge on any atom is -0.478 e. The van der Waals surface area contributed by atoms with Crippen molar-refractivity contribution in [3.8, 4) is 0 Å². The first-order valence-corrected chi connectivity index (χ1v) is 9.73. The predicted molar refractivity (Wildman–Crippen MR) is 115 cm³/mol. The second-order valence-corrected chi connectivity index (χ2v) is 6.96. The highest BCUT2D eigenvalue weighted by Gasteiger charge is 2.12. The fourth-order valence-corrected chi connectivity index (χ4v) is 3.44. The topological polar surface area (TPSA) is 90.4 Å². The Balaban J connectivity index is 1.46. The summed E-state index contributed by atoms with van der Waals surface area (Å²) in [5.41, 5.74) is 2.80. The van der Waals surface area contributed by atoms with Crippen LogP contribution in [-0.4, -0.2) is 34.1 Å². The molecule has 0 spiro atoms. The summed E-state index contributed by atoms with van der Waals surface area (Å²) >= 11 is 0. The maximum absolute atomic E-state index is 11.4. The van der Waals surface area contributed by atoms with Crippen LogP contribution in [0.15, 0.2) is 60.8 Å². The van der Waals surface area contributed by atoms with Gasteiger partial charge in [-0.1, -0.05) is 12.1 Å². The molecule has 0 bridgehead atoms. The van der Waals surface area contributed by atoms with Crippen molar-refractivity contribution in [2.24, 2.45) is 0 Å². The molecule has 0 aliphatic carbocycles. The summed E-state index contributed by atoms with van der Waals surface area (Å²) in [6.07, 6.45) is 5.44. The molecule has 0 saturated carbocycles. The van der Waals surface area contributed by atoms with Gasteiger partial charge in [0.15, 0.2) is 0 Å². The monoisotopic (exact) mass is 389 g/mol. The van der Waals surface area contributed by atoms with Crippen LogP contribution in [0.5, 0.6) is 0 Å². The van der Waals surface area contributed by atoms with Crippen LogP contribution in [0.2, 0.25) is 0 Å². The number of aromatic nitrogens is 2. The van der Waals surface area contributed by atoms with Crippen molar-refractivity contribution in [3.63, 3.8) is 0 Å². The van der Waals surface area contributed by atoms with Crippen molar-refractivity contribution in [2.75, 3.05) is 28.6 Å². The molecule has 2 aromatic carbocycles. The summed E-state index contributed by atoms with van der Waals surface area (Å²) in [6, 6.07) is 16.7. The lowest BCUT2D eigenvalue weighted by Crippen LogP contribution is -2.29. The number of nitrogens with one attached hydrogen (secondary N) is 2. The fraction of sp³-hybridized carbons (Fsp3) is 0.227. The van der Waals surface area contributed by atoms with E-state index in [0.29, 0.717) is 17.5 Å². The molecule has 7 heteroatoms. The van der Waals surface area contributed by atoms with Gasteiger partial charge in [-0.25, -0.2) is 9.78 Å². The van der Waals surface area contributed by atoms with Gasteiger partial charge < -0.3 is 20.6 Å². The molecule has 2 heterocycles. The van der Waals surface area contributed by atoms with E-state index in [1.807, 2.05) is 12.1 Å². The molecule has 3 N–H and O–H groups in total. The van der Waals surface area contributed by atoms with Crippen molar-refractivity contribution >= 4 is 34.8 Å². The van der Waals surface area contributed by atoms with E-state index in [0.717, 1.165) is 18.8 Å². The Labute approximate surface area is 169 Å². The lowest BCUT2D eigenvalue weighted by Gasteiger charge is -2.28. The molecule has 1 aliphatic rings. The fourth-order valence-electron chi connectivity index (χ4n) is 3.44. The van der Waals surface area contributed by atoms with E-state index in [-0.39, 0.29) is 5.56 Å². The quantitative estimate of drug-likeness (QED) is 0.565. The number of nitrogens with zero attached hydrogens (tertiary/aromatic N) is 3. The molecule has 0 atom stereocenters. The number of hydrogen-bond acceptors (Lipinski definition) is 6. The van der Waals surface area contributed by atoms with Crippen LogP contribution in [0, 0.1) is 0 Å². The molecule has 1 fully saturated rings. The lowest BCUT2D eigenvalue weighted by atomic mass is 10.1. The minimum absolute atomic E-state index is 0.189.